The van der Waals surface area contributed by atoms with Crippen molar-refractivity contribution >= 4 is 11.4 Å². The molecule has 0 atom stereocenters. The van der Waals surface area contributed by atoms with E-state index in [-0.39, 0.29) is 0 Å². The number of nitrogens with zero attached hydrogens (tertiary/aromatic N) is 2. The van der Waals surface area contributed by atoms with Crippen molar-refractivity contribution in [1.29, 1.82) is 0 Å². The Morgan fingerprint density at radius 3 is 2.94 bits per heavy atom. The Bertz CT molecular complexity index is 487. The molecule has 1 aromatic carbocycles. The average molecular weight is 230 g/mol. The number of methoxy groups -OCH3 is 1. The minimum atomic E-state index is 0.620. The monoisotopic (exact) mass is 230 g/mol. The average Bonchev–Trinajstić information content (AvgIpc) is 2.37. The van der Waals surface area contributed by atoms with Crippen LogP contribution in [-0.4, -0.2) is 17.1 Å². The summed E-state index contributed by atoms with van der Waals surface area (Å²) in [6, 6.07) is 7.37. The number of nitrogens with two attached hydrogens (primary N) is 1. The molecular formula is C12H14N4O. The molecule has 0 fully saturated rings. The van der Waals surface area contributed by atoms with E-state index in [1.807, 2.05) is 18.2 Å². The van der Waals surface area contributed by atoms with Crippen molar-refractivity contribution in [3.8, 4) is 5.75 Å². The predicted molar refractivity (Wildman–Crippen MR) is 66.8 cm³/mol. The van der Waals surface area contributed by atoms with Gasteiger partial charge >= 0.3 is 0 Å². The van der Waals surface area contributed by atoms with Gasteiger partial charge in [0.05, 0.1) is 19.3 Å². The maximum absolute atomic E-state index is 5.76. The fraction of sp³-hybridized carbons (Fsp3) is 0.167. The van der Waals surface area contributed by atoms with Crippen LogP contribution in [0, 0.1) is 0 Å². The first-order valence-corrected chi connectivity index (χ1v) is 5.21. The quantitative estimate of drug-likeness (QED) is 0.782. The van der Waals surface area contributed by atoms with Gasteiger partial charge in [0.1, 0.15) is 12.1 Å². The van der Waals surface area contributed by atoms with Crippen molar-refractivity contribution in [1.82, 2.24) is 9.97 Å². The first-order chi connectivity index (χ1) is 8.28. The maximum atomic E-state index is 5.76. The Morgan fingerprint density at radius 1 is 1.35 bits per heavy atom. The lowest BCUT2D eigenvalue weighted by molar-refractivity contribution is 0.415. The van der Waals surface area contributed by atoms with E-state index >= 15 is 0 Å². The lowest BCUT2D eigenvalue weighted by Gasteiger charge is -2.09. The highest BCUT2D eigenvalue weighted by Crippen LogP contribution is 2.22. The van der Waals surface area contributed by atoms with Crippen molar-refractivity contribution in [2.45, 2.75) is 6.54 Å². The number of aromatic nitrogens is 2. The highest BCUT2D eigenvalue weighted by Gasteiger charge is 1.99. The summed E-state index contributed by atoms with van der Waals surface area (Å²) < 4.78 is 5.14. The lowest BCUT2D eigenvalue weighted by Crippen LogP contribution is -2.02. The van der Waals surface area contributed by atoms with Gasteiger partial charge in [-0.15, -0.1) is 0 Å². The van der Waals surface area contributed by atoms with E-state index in [9.17, 15) is 0 Å². The van der Waals surface area contributed by atoms with Gasteiger partial charge in [0.25, 0.3) is 0 Å². The van der Waals surface area contributed by atoms with Crippen molar-refractivity contribution < 1.29 is 4.74 Å². The first kappa shape index (κ1) is 11.2. The van der Waals surface area contributed by atoms with Gasteiger partial charge in [-0.3, -0.25) is 0 Å². The molecule has 0 aliphatic heterocycles. The highest BCUT2D eigenvalue weighted by molar-refractivity contribution is 5.59. The van der Waals surface area contributed by atoms with E-state index in [1.165, 1.54) is 6.33 Å². The standard InChI is InChI=1S/C12H14N4O/c1-17-12-5-9(13)4-11(6-12)15-7-10-2-3-14-8-16-10/h2-6,8,15H,7,13H2,1H3. The van der Waals surface area contributed by atoms with Crippen LogP contribution in [0.5, 0.6) is 5.75 Å². The van der Waals surface area contributed by atoms with Crippen molar-refractivity contribution in [2.24, 2.45) is 0 Å². The molecule has 88 valence electrons. The van der Waals surface area contributed by atoms with Crippen LogP contribution < -0.4 is 15.8 Å². The van der Waals surface area contributed by atoms with Gasteiger partial charge in [0.2, 0.25) is 0 Å². The number of ether oxygens (including phenoxy) is 1. The third-order valence-electron chi connectivity index (χ3n) is 2.28. The van der Waals surface area contributed by atoms with E-state index in [0.717, 1.165) is 17.1 Å². The molecule has 0 saturated heterocycles. The Kier molecular flexibility index (Phi) is 3.40. The molecule has 0 aliphatic rings. The number of hydrogen-bond acceptors (Lipinski definition) is 5. The number of nitrogens with one attached hydrogen (secondary N) is 1. The van der Waals surface area contributed by atoms with Crippen LogP contribution in [0.3, 0.4) is 0 Å². The van der Waals surface area contributed by atoms with Crippen LogP contribution in [0.1, 0.15) is 5.69 Å². The van der Waals surface area contributed by atoms with Crippen molar-refractivity contribution in [3.05, 3.63) is 42.5 Å². The molecule has 0 unspecified atom stereocenters. The molecule has 0 saturated carbocycles. The van der Waals surface area contributed by atoms with Crippen molar-refractivity contribution in [3.63, 3.8) is 0 Å². The van der Waals surface area contributed by atoms with Gasteiger partial charge in [0.15, 0.2) is 0 Å². The molecular weight excluding hydrogens is 216 g/mol. The molecule has 0 radical (unpaired) electrons. The zero-order valence-corrected chi connectivity index (χ0v) is 9.55. The third-order valence-corrected chi connectivity index (χ3v) is 2.28. The summed E-state index contributed by atoms with van der Waals surface area (Å²) in [6.45, 7) is 0.620. The van der Waals surface area contributed by atoms with Gasteiger partial charge in [-0.2, -0.15) is 0 Å². The highest BCUT2D eigenvalue weighted by atomic mass is 16.5. The number of hydrogen-bond donors (Lipinski definition) is 2. The summed E-state index contributed by atoms with van der Waals surface area (Å²) in [5, 5.41) is 3.23. The number of anilines is 2. The van der Waals surface area contributed by atoms with E-state index in [4.69, 9.17) is 10.5 Å². The largest absolute Gasteiger partial charge is 0.497 e. The molecule has 5 heteroatoms. The maximum Gasteiger partial charge on any atom is 0.122 e. The second-order valence-corrected chi connectivity index (χ2v) is 3.55. The minimum Gasteiger partial charge on any atom is -0.497 e. The van der Waals surface area contributed by atoms with E-state index in [0.29, 0.717) is 12.2 Å². The van der Waals surface area contributed by atoms with E-state index < -0.39 is 0 Å². The Labute approximate surface area is 99.7 Å². The normalized spacial score (nSPS) is 9.94. The van der Waals surface area contributed by atoms with Gasteiger partial charge in [-0.05, 0) is 12.1 Å². The molecule has 0 bridgehead atoms. The summed E-state index contributed by atoms with van der Waals surface area (Å²) in [5.41, 5.74) is 8.24. The zero-order valence-electron chi connectivity index (χ0n) is 9.55. The second-order valence-electron chi connectivity index (χ2n) is 3.55. The molecule has 2 rings (SSSR count). The van der Waals surface area contributed by atoms with Gasteiger partial charge in [0, 0.05) is 29.7 Å². The smallest absolute Gasteiger partial charge is 0.122 e. The molecule has 0 aliphatic carbocycles. The summed E-state index contributed by atoms with van der Waals surface area (Å²) >= 11 is 0. The van der Waals surface area contributed by atoms with Crippen molar-refractivity contribution in [2.75, 3.05) is 18.2 Å². The Morgan fingerprint density at radius 2 is 2.24 bits per heavy atom. The van der Waals surface area contributed by atoms with E-state index in [1.54, 1.807) is 19.4 Å². The summed E-state index contributed by atoms with van der Waals surface area (Å²) in [7, 11) is 1.61. The lowest BCUT2D eigenvalue weighted by atomic mass is 10.2. The summed E-state index contributed by atoms with van der Waals surface area (Å²) in [4.78, 5) is 7.99. The minimum absolute atomic E-state index is 0.620. The van der Waals surface area contributed by atoms with Crippen LogP contribution in [-0.2, 0) is 6.54 Å². The van der Waals surface area contributed by atoms with Crippen LogP contribution in [0.2, 0.25) is 0 Å². The van der Waals surface area contributed by atoms with E-state index in [2.05, 4.69) is 15.3 Å². The van der Waals surface area contributed by atoms with Gasteiger partial charge in [-0.25, -0.2) is 9.97 Å². The molecule has 3 N–H and O–H groups in total. The SMILES string of the molecule is COc1cc(N)cc(NCc2ccncn2)c1. The molecule has 2 aromatic rings. The molecule has 0 spiro atoms. The molecule has 5 nitrogen and oxygen atoms in total. The van der Waals surface area contributed by atoms with Crippen LogP contribution in [0.25, 0.3) is 0 Å². The van der Waals surface area contributed by atoms with Crippen LogP contribution in [0.15, 0.2) is 36.8 Å². The fourth-order valence-electron chi connectivity index (χ4n) is 1.46. The van der Waals surface area contributed by atoms with Gasteiger partial charge < -0.3 is 15.8 Å². The topological polar surface area (TPSA) is 73.1 Å². The second kappa shape index (κ2) is 5.16. The number of nitrogen functional groups attached to an aromatic ring is 1. The zero-order chi connectivity index (χ0) is 12.1. The molecule has 17 heavy (non-hydrogen) atoms. The Balaban J connectivity index is 2.06. The number of rotatable bonds is 4. The fourth-order valence-corrected chi connectivity index (χ4v) is 1.46. The molecule has 1 heterocycles. The number of benzene rings is 1. The van der Waals surface area contributed by atoms with Crippen LogP contribution in [0.4, 0.5) is 11.4 Å². The summed E-state index contributed by atoms with van der Waals surface area (Å²) in [5.74, 6) is 0.732. The predicted octanol–water partition coefficient (Wildman–Crippen LogP) is 1.68. The first-order valence-electron chi connectivity index (χ1n) is 5.21. The summed E-state index contributed by atoms with van der Waals surface area (Å²) in [6.07, 6.45) is 3.24. The van der Waals surface area contributed by atoms with Crippen LogP contribution >= 0.6 is 0 Å². The molecule has 0 amide bonds. The Hall–Kier alpha value is -2.30. The third kappa shape index (κ3) is 3.07. The van der Waals surface area contributed by atoms with Gasteiger partial charge in [-0.1, -0.05) is 0 Å². The molecule has 1 aromatic heterocycles.